The summed E-state index contributed by atoms with van der Waals surface area (Å²) in [4.78, 5) is 45.7. The number of hydrogen-bond acceptors (Lipinski definition) is 12. The largest absolute Gasteiger partial charge is 0.487 e. The predicted molar refractivity (Wildman–Crippen MR) is 219 cm³/mol. The standard InChI is InChI=1S/C42H57N7O5S/c1-28-13-18-31(52-42(10,11)41(8,9)30-16-14-29(15-17-30)26-48-23-21-47(12)22-24-48)25-32(28)44-36-45-33(27-55-36)35-43-20-19-34(46-35)49(37(50)53-39(2,3)4)38(51)54-40(5,6)7/h13-20,25,27H,21-24,26H2,1-12H3,(H,44,45). The highest BCUT2D eigenvalue weighted by Gasteiger charge is 2.41. The monoisotopic (exact) mass is 771 g/mol. The summed E-state index contributed by atoms with van der Waals surface area (Å²) >= 11 is 1.38. The molecule has 0 bridgehead atoms. The molecule has 5 rings (SSSR count). The van der Waals surface area contributed by atoms with Crippen LogP contribution in [0, 0.1) is 6.92 Å². The Balaban J connectivity index is 1.30. The molecule has 1 aliphatic heterocycles. The Morgan fingerprint density at radius 3 is 2.05 bits per heavy atom. The first-order valence-electron chi connectivity index (χ1n) is 18.7. The van der Waals surface area contributed by atoms with Gasteiger partial charge in [0.05, 0.1) is 0 Å². The Kier molecular flexibility index (Phi) is 12.3. The van der Waals surface area contributed by atoms with Crippen LogP contribution >= 0.6 is 11.3 Å². The van der Waals surface area contributed by atoms with E-state index in [-0.39, 0.29) is 17.1 Å². The third kappa shape index (κ3) is 10.8. The van der Waals surface area contributed by atoms with Crippen LogP contribution < -0.4 is 15.0 Å². The molecule has 0 aliphatic carbocycles. The Bertz CT molecular complexity index is 1930. The second kappa shape index (κ2) is 16.3. The van der Waals surface area contributed by atoms with E-state index in [1.54, 1.807) is 41.5 Å². The molecule has 2 aromatic carbocycles. The average Bonchev–Trinajstić information content (AvgIpc) is 3.54. The number of amides is 2. The number of imide groups is 1. The molecule has 0 spiro atoms. The highest BCUT2D eigenvalue weighted by atomic mass is 32.1. The molecule has 1 N–H and O–H groups in total. The van der Waals surface area contributed by atoms with Gasteiger partial charge < -0.3 is 24.4 Å². The molecule has 2 aromatic heterocycles. The molecule has 4 aromatic rings. The summed E-state index contributed by atoms with van der Waals surface area (Å²) in [6.07, 6.45) is -0.361. The number of nitrogens with one attached hydrogen (secondary N) is 1. The number of hydrogen-bond donors (Lipinski definition) is 1. The van der Waals surface area contributed by atoms with Gasteiger partial charge in [-0.3, -0.25) is 4.90 Å². The van der Waals surface area contributed by atoms with E-state index in [4.69, 9.17) is 19.2 Å². The van der Waals surface area contributed by atoms with Gasteiger partial charge in [-0.1, -0.05) is 44.2 Å². The fraction of sp³-hybridized carbons (Fsp3) is 0.500. The number of likely N-dealkylation sites (N-methyl/N-ethyl adjacent to an activating group) is 1. The van der Waals surface area contributed by atoms with Crippen LogP contribution in [0.5, 0.6) is 5.75 Å². The molecule has 55 heavy (non-hydrogen) atoms. The maximum Gasteiger partial charge on any atom is 0.425 e. The molecule has 13 heteroatoms. The van der Waals surface area contributed by atoms with E-state index < -0.39 is 29.0 Å². The van der Waals surface area contributed by atoms with Crippen molar-refractivity contribution in [2.45, 2.75) is 105 Å². The van der Waals surface area contributed by atoms with Gasteiger partial charge in [-0.05, 0) is 92.1 Å². The number of rotatable bonds is 10. The average molecular weight is 772 g/mol. The lowest BCUT2D eigenvalue weighted by Gasteiger charge is -2.42. The molecule has 1 fully saturated rings. The quantitative estimate of drug-likeness (QED) is 0.166. The van der Waals surface area contributed by atoms with Crippen LogP contribution in [0.4, 0.5) is 26.2 Å². The van der Waals surface area contributed by atoms with Gasteiger partial charge in [0.1, 0.15) is 28.2 Å². The molecule has 0 unspecified atom stereocenters. The maximum atomic E-state index is 13.2. The molecule has 12 nitrogen and oxygen atoms in total. The van der Waals surface area contributed by atoms with Gasteiger partial charge in [0.25, 0.3) is 0 Å². The molecule has 2 amide bonds. The van der Waals surface area contributed by atoms with E-state index in [0.29, 0.717) is 10.8 Å². The summed E-state index contributed by atoms with van der Waals surface area (Å²) in [5.74, 6) is 0.961. The number of piperazine rings is 1. The van der Waals surface area contributed by atoms with Crippen LogP contribution in [-0.4, -0.2) is 87.0 Å². The van der Waals surface area contributed by atoms with Gasteiger partial charge in [0, 0.05) is 67.5 Å². The summed E-state index contributed by atoms with van der Waals surface area (Å²) in [7, 11) is 2.18. The van der Waals surface area contributed by atoms with Crippen LogP contribution in [0.25, 0.3) is 11.5 Å². The van der Waals surface area contributed by atoms with Crippen molar-refractivity contribution in [3.8, 4) is 17.3 Å². The molecule has 0 radical (unpaired) electrons. The second-order valence-corrected chi connectivity index (χ2v) is 18.0. The van der Waals surface area contributed by atoms with Crippen molar-refractivity contribution in [1.29, 1.82) is 0 Å². The Morgan fingerprint density at radius 2 is 1.45 bits per heavy atom. The van der Waals surface area contributed by atoms with Gasteiger partial charge in [0.2, 0.25) is 0 Å². The number of carbonyl (C=O) groups is 2. The maximum absolute atomic E-state index is 13.2. The van der Waals surface area contributed by atoms with Gasteiger partial charge in [0.15, 0.2) is 16.8 Å². The third-order valence-electron chi connectivity index (χ3n) is 9.76. The zero-order valence-electron chi connectivity index (χ0n) is 34.4. The van der Waals surface area contributed by atoms with E-state index in [2.05, 4.69) is 84.1 Å². The number of benzene rings is 2. The smallest absolute Gasteiger partial charge is 0.425 e. The summed E-state index contributed by atoms with van der Waals surface area (Å²) < 4.78 is 17.8. The molecule has 1 aliphatic rings. The van der Waals surface area contributed by atoms with Crippen LogP contribution in [0.1, 0.15) is 85.9 Å². The lowest BCUT2D eigenvalue weighted by Crippen LogP contribution is -2.47. The molecular weight excluding hydrogens is 715 g/mol. The van der Waals surface area contributed by atoms with Crippen molar-refractivity contribution in [3.05, 3.63) is 76.8 Å². The number of aromatic nitrogens is 3. The summed E-state index contributed by atoms with van der Waals surface area (Å²) in [5, 5.41) is 5.85. The number of ether oxygens (including phenoxy) is 3. The lowest BCUT2D eigenvalue weighted by molar-refractivity contribution is 0.0357. The zero-order chi connectivity index (χ0) is 40.3. The summed E-state index contributed by atoms with van der Waals surface area (Å²) in [6.45, 7) is 26.4. The van der Waals surface area contributed by atoms with Crippen LogP contribution in [0.15, 0.2) is 60.1 Å². The SMILES string of the molecule is Cc1ccc(OC(C)(C)C(C)(C)c2ccc(CN3CCN(C)CC3)cc2)cc1Nc1nc(-c2nccc(N(C(=O)OC(C)(C)C)C(=O)OC(C)(C)C)n2)cs1. The van der Waals surface area contributed by atoms with Crippen molar-refractivity contribution in [3.63, 3.8) is 0 Å². The first-order chi connectivity index (χ1) is 25.6. The summed E-state index contributed by atoms with van der Waals surface area (Å²) in [6, 6.07) is 16.4. The fourth-order valence-corrected chi connectivity index (χ4v) is 6.58. The van der Waals surface area contributed by atoms with E-state index in [0.717, 1.165) is 54.6 Å². The van der Waals surface area contributed by atoms with Gasteiger partial charge in [-0.15, -0.1) is 11.3 Å². The second-order valence-electron chi connectivity index (χ2n) is 17.2. The lowest BCUT2D eigenvalue weighted by atomic mass is 9.71. The molecular formula is C42H57N7O5S. The first kappa shape index (κ1) is 41.6. The summed E-state index contributed by atoms with van der Waals surface area (Å²) in [5.41, 5.74) is 2.29. The molecule has 0 saturated carbocycles. The number of aryl methyl sites for hydroxylation is 1. The van der Waals surface area contributed by atoms with Crippen LogP contribution in [-0.2, 0) is 21.4 Å². The highest BCUT2D eigenvalue weighted by Crippen LogP contribution is 2.39. The van der Waals surface area contributed by atoms with Crippen molar-refractivity contribution >= 4 is 40.2 Å². The van der Waals surface area contributed by atoms with Crippen LogP contribution in [0.3, 0.4) is 0 Å². The molecule has 1 saturated heterocycles. The number of anilines is 3. The topological polar surface area (TPSA) is 122 Å². The van der Waals surface area contributed by atoms with Crippen molar-refractivity contribution in [1.82, 2.24) is 24.8 Å². The van der Waals surface area contributed by atoms with Gasteiger partial charge in [-0.25, -0.2) is 24.5 Å². The molecule has 296 valence electrons. The van der Waals surface area contributed by atoms with E-state index in [1.165, 1.54) is 34.7 Å². The fourth-order valence-electron chi connectivity index (χ4n) is 5.88. The minimum absolute atomic E-state index is 0.00356. The first-order valence-corrected chi connectivity index (χ1v) is 19.6. The predicted octanol–water partition coefficient (Wildman–Crippen LogP) is 9.21. The highest BCUT2D eigenvalue weighted by molar-refractivity contribution is 7.14. The van der Waals surface area contributed by atoms with Crippen molar-refractivity contribution < 1.29 is 23.8 Å². The Hall–Kier alpha value is -4.59. The van der Waals surface area contributed by atoms with Crippen molar-refractivity contribution in [2.75, 3.05) is 43.4 Å². The minimum Gasteiger partial charge on any atom is -0.487 e. The van der Waals surface area contributed by atoms with Gasteiger partial charge >= 0.3 is 12.2 Å². The van der Waals surface area contributed by atoms with Crippen LogP contribution in [0.2, 0.25) is 0 Å². The number of carbonyl (C=O) groups excluding carboxylic acids is 2. The van der Waals surface area contributed by atoms with Crippen molar-refractivity contribution in [2.24, 2.45) is 0 Å². The minimum atomic E-state index is -0.911. The number of thiazole rings is 1. The molecule has 3 heterocycles. The zero-order valence-corrected chi connectivity index (χ0v) is 35.3. The Morgan fingerprint density at radius 1 is 0.836 bits per heavy atom. The third-order valence-corrected chi connectivity index (χ3v) is 10.5. The molecule has 0 atom stereocenters. The van der Waals surface area contributed by atoms with E-state index in [1.807, 2.05) is 30.5 Å². The normalized spacial score (nSPS) is 14.7. The number of nitrogens with zero attached hydrogens (tertiary/aromatic N) is 6. The van der Waals surface area contributed by atoms with Gasteiger partial charge in [-0.2, -0.15) is 4.90 Å². The Labute approximate surface area is 330 Å². The van der Waals surface area contributed by atoms with E-state index in [9.17, 15) is 9.59 Å². The van der Waals surface area contributed by atoms with E-state index >= 15 is 0 Å².